The highest BCUT2D eigenvalue weighted by molar-refractivity contribution is 6.29. The fourth-order valence-corrected chi connectivity index (χ4v) is 2.93. The molecule has 1 aliphatic heterocycles. The summed E-state index contributed by atoms with van der Waals surface area (Å²) in [6.45, 7) is 2.26. The van der Waals surface area contributed by atoms with E-state index in [0.29, 0.717) is 30.0 Å². The maximum Gasteiger partial charge on any atom is 0.229 e. The van der Waals surface area contributed by atoms with Crippen LogP contribution in [0.5, 0.6) is 0 Å². The first-order valence-electron chi connectivity index (χ1n) is 6.88. The summed E-state index contributed by atoms with van der Waals surface area (Å²) in [5, 5.41) is 10.6. The number of carbonyl (C=O) groups excluding carboxylic acids is 1. The summed E-state index contributed by atoms with van der Waals surface area (Å²) >= 11 is 5.93. The van der Waals surface area contributed by atoms with Crippen molar-refractivity contribution in [1.29, 1.82) is 0 Å². The van der Waals surface area contributed by atoms with E-state index in [-0.39, 0.29) is 29.7 Å². The molecule has 0 unspecified atom stereocenters. The Morgan fingerprint density at radius 3 is 3.05 bits per heavy atom. The standard InChI is InChI=1S/C13H16ClN5O3/c1-7-9(12(14)22-18-7)4-11(20)19-5-8(21-2)3-10(19)13-15-6-16-17-13/h6,8,10H,3-5H2,1-2H3,(H,15,16,17)/t8-,10+/m1/s1. The van der Waals surface area contributed by atoms with Crippen LogP contribution in [0.4, 0.5) is 0 Å². The lowest BCUT2D eigenvalue weighted by Crippen LogP contribution is -2.33. The third-order valence-corrected chi connectivity index (χ3v) is 4.23. The van der Waals surface area contributed by atoms with Crippen LogP contribution in [0.2, 0.25) is 5.22 Å². The molecule has 0 aromatic carbocycles. The van der Waals surface area contributed by atoms with Crippen molar-refractivity contribution in [3.8, 4) is 0 Å². The molecule has 2 aromatic heterocycles. The van der Waals surface area contributed by atoms with Gasteiger partial charge in [-0.3, -0.25) is 9.89 Å². The Morgan fingerprint density at radius 2 is 2.45 bits per heavy atom. The van der Waals surface area contributed by atoms with Gasteiger partial charge in [0.15, 0.2) is 0 Å². The van der Waals surface area contributed by atoms with Crippen molar-refractivity contribution in [1.82, 2.24) is 25.2 Å². The zero-order valence-corrected chi connectivity index (χ0v) is 13.0. The van der Waals surface area contributed by atoms with E-state index in [1.807, 2.05) is 0 Å². The Hall–Kier alpha value is -1.93. The largest absolute Gasteiger partial charge is 0.380 e. The second-order valence-electron chi connectivity index (χ2n) is 5.22. The SMILES string of the molecule is CO[C@@H]1C[C@@H](c2ncn[nH]2)N(C(=O)Cc2c(C)noc2Cl)C1. The van der Waals surface area contributed by atoms with E-state index >= 15 is 0 Å². The number of aromatic amines is 1. The monoisotopic (exact) mass is 325 g/mol. The lowest BCUT2D eigenvalue weighted by Gasteiger charge is -2.22. The number of H-pyrrole nitrogens is 1. The van der Waals surface area contributed by atoms with E-state index in [0.717, 1.165) is 0 Å². The summed E-state index contributed by atoms with van der Waals surface area (Å²) in [5.74, 6) is 0.579. The first kappa shape index (κ1) is 15.0. The maximum atomic E-state index is 12.7. The minimum absolute atomic E-state index is 0.0295. The topological polar surface area (TPSA) is 97.1 Å². The zero-order chi connectivity index (χ0) is 15.7. The number of aromatic nitrogens is 4. The van der Waals surface area contributed by atoms with Crippen molar-refractivity contribution in [3.63, 3.8) is 0 Å². The number of hydrogen-bond acceptors (Lipinski definition) is 6. The molecule has 2 atom stereocenters. The van der Waals surface area contributed by atoms with Crippen molar-refractivity contribution in [2.24, 2.45) is 0 Å². The van der Waals surface area contributed by atoms with Gasteiger partial charge in [-0.2, -0.15) is 5.10 Å². The Morgan fingerprint density at radius 1 is 1.64 bits per heavy atom. The number of halogens is 1. The average molecular weight is 326 g/mol. The summed E-state index contributed by atoms with van der Waals surface area (Å²) in [5.41, 5.74) is 1.24. The summed E-state index contributed by atoms with van der Waals surface area (Å²) in [6, 6.07) is -0.182. The highest BCUT2D eigenvalue weighted by atomic mass is 35.5. The summed E-state index contributed by atoms with van der Waals surface area (Å²) in [7, 11) is 1.64. The molecule has 2 aromatic rings. The molecule has 1 fully saturated rings. The van der Waals surface area contributed by atoms with Crippen LogP contribution in [0.3, 0.4) is 0 Å². The maximum absolute atomic E-state index is 12.7. The van der Waals surface area contributed by atoms with Crippen molar-refractivity contribution in [2.45, 2.75) is 31.9 Å². The van der Waals surface area contributed by atoms with Crippen LogP contribution in [0.25, 0.3) is 0 Å². The van der Waals surface area contributed by atoms with Crippen molar-refractivity contribution < 1.29 is 14.1 Å². The number of aryl methyl sites for hydroxylation is 1. The Kier molecular flexibility index (Phi) is 4.12. The first-order chi connectivity index (χ1) is 10.6. The molecule has 8 nitrogen and oxygen atoms in total. The Balaban J connectivity index is 1.80. The fraction of sp³-hybridized carbons (Fsp3) is 0.538. The van der Waals surface area contributed by atoms with Gasteiger partial charge in [-0.15, -0.1) is 0 Å². The lowest BCUT2D eigenvalue weighted by atomic mass is 10.1. The van der Waals surface area contributed by atoms with Gasteiger partial charge < -0.3 is 14.2 Å². The van der Waals surface area contributed by atoms with Crippen LogP contribution in [-0.4, -0.2) is 50.9 Å². The van der Waals surface area contributed by atoms with E-state index in [2.05, 4.69) is 20.3 Å². The molecule has 22 heavy (non-hydrogen) atoms. The van der Waals surface area contributed by atoms with Crippen LogP contribution in [-0.2, 0) is 16.0 Å². The third kappa shape index (κ3) is 2.71. The molecule has 0 saturated carbocycles. The molecule has 1 saturated heterocycles. The number of nitrogens with one attached hydrogen (secondary N) is 1. The first-order valence-corrected chi connectivity index (χ1v) is 7.26. The highest BCUT2D eigenvalue weighted by Gasteiger charge is 2.38. The molecule has 0 radical (unpaired) electrons. The lowest BCUT2D eigenvalue weighted by molar-refractivity contribution is -0.131. The van der Waals surface area contributed by atoms with Gasteiger partial charge in [0, 0.05) is 25.6 Å². The molecule has 0 bridgehead atoms. The van der Waals surface area contributed by atoms with Crippen molar-refractivity contribution >= 4 is 17.5 Å². The number of nitrogens with zero attached hydrogens (tertiary/aromatic N) is 4. The molecule has 1 aliphatic rings. The van der Waals surface area contributed by atoms with Crippen molar-refractivity contribution in [2.75, 3.05) is 13.7 Å². The molecule has 3 rings (SSSR count). The number of methoxy groups -OCH3 is 1. The van der Waals surface area contributed by atoms with Gasteiger partial charge in [0.05, 0.1) is 24.3 Å². The van der Waals surface area contributed by atoms with Gasteiger partial charge in [0.25, 0.3) is 0 Å². The molecule has 3 heterocycles. The Bertz CT molecular complexity index is 637. The van der Waals surface area contributed by atoms with Gasteiger partial charge in [0.1, 0.15) is 12.2 Å². The van der Waals surface area contributed by atoms with Crippen molar-refractivity contribution in [3.05, 3.63) is 28.6 Å². The number of carbonyl (C=O) groups is 1. The second kappa shape index (κ2) is 6.05. The van der Waals surface area contributed by atoms with Crippen LogP contribution in [0, 0.1) is 6.92 Å². The normalized spacial score (nSPS) is 21.5. The van der Waals surface area contributed by atoms with Gasteiger partial charge >= 0.3 is 0 Å². The van der Waals surface area contributed by atoms with Gasteiger partial charge in [0.2, 0.25) is 11.1 Å². The minimum Gasteiger partial charge on any atom is -0.380 e. The van der Waals surface area contributed by atoms with Crippen LogP contribution in [0.15, 0.2) is 10.9 Å². The predicted molar refractivity (Wildman–Crippen MR) is 76.2 cm³/mol. The molecule has 1 amide bonds. The molecule has 1 N–H and O–H groups in total. The smallest absolute Gasteiger partial charge is 0.229 e. The molecule has 118 valence electrons. The summed E-state index contributed by atoms with van der Waals surface area (Å²) in [4.78, 5) is 18.6. The van der Waals surface area contributed by atoms with Gasteiger partial charge in [-0.05, 0) is 18.5 Å². The quantitative estimate of drug-likeness (QED) is 0.909. The predicted octanol–water partition coefficient (Wildman–Crippen LogP) is 1.29. The molecule has 0 aliphatic carbocycles. The summed E-state index contributed by atoms with van der Waals surface area (Å²) in [6.07, 6.45) is 2.21. The average Bonchev–Trinajstić information content (AvgIpc) is 3.22. The molecule has 9 heteroatoms. The zero-order valence-electron chi connectivity index (χ0n) is 12.2. The number of ether oxygens (including phenoxy) is 1. The number of hydrogen-bond donors (Lipinski definition) is 1. The molecule has 0 spiro atoms. The van der Waals surface area contributed by atoms with Crippen LogP contribution in [0.1, 0.15) is 29.5 Å². The second-order valence-corrected chi connectivity index (χ2v) is 5.57. The van der Waals surface area contributed by atoms with Gasteiger partial charge in [-0.25, -0.2) is 4.98 Å². The van der Waals surface area contributed by atoms with Crippen LogP contribution < -0.4 is 0 Å². The van der Waals surface area contributed by atoms with E-state index in [1.165, 1.54) is 6.33 Å². The molecular formula is C13H16ClN5O3. The summed E-state index contributed by atoms with van der Waals surface area (Å²) < 4.78 is 10.3. The third-order valence-electron chi connectivity index (χ3n) is 3.93. The van der Waals surface area contributed by atoms with E-state index in [9.17, 15) is 4.79 Å². The fourth-order valence-electron chi connectivity index (χ4n) is 2.69. The van der Waals surface area contributed by atoms with E-state index < -0.39 is 0 Å². The minimum atomic E-state index is -0.182. The number of amides is 1. The van der Waals surface area contributed by atoms with E-state index in [1.54, 1.807) is 18.9 Å². The Labute approximate surface area is 131 Å². The van der Waals surface area contributed by atoms with E-state index in [4.69, 9.17) is 20.9 Å². The number of rotatable bonds is 4. The number of likely N-dealkylation sites (tertiary alicyclic amines) is 1. The highest BCUT2D eigenvalue weighted by Crippen LogP contribution is 2.32. The van der Waals surface area contributed by atoms with Gasteiger partial charge in [-0.1, -0.05) is 5.16 Å². The molecular weight excluding hydrogens is 310 g/mol. The van der Waals surface area contributed by atoms with Crippen LogP contribution >= 0.6 is 11.6 Å².